The van der Waals surface area contributed by atoms with Gasteiger partial charge in [-0.2, -0.15) is 0 Å². The molecule has 3 aromatic carbocycles. The summed E-state index contributed by atoms with van der Waals surface area (Å²) < 4.78 is 5.25. The molecule has 0 aliphatic carbocycles. The number of imide groups is 1. The quantitative estimate of drug-likeness (QED) is 0.589. The summed E-state index contributed by atoms with van der Waals surface area (Å²) in [6, 6.07) is 21.4. The average Bonchev–Trinajstić information content (AvgIpc) is 3.00. The lowest BCUT2D eigenvalue weighted by Gasteiger charge is -2.16. The Hall–Kier alpha value is -3.57. The number of carbonyl (C=O) groups is 2. The largest absolute Gasteiger partial charge is 0.497 e. The van der Waals surface area contributed by atoms with Crippen molar-refractivity contribution in [3.05, 3.63) is 94.6 Å². The van der Waals surface area contributed by atoms with Gasteiger partial charge in [0.25, 0.3) is 11.8 Å². The SMILES string of the molecule is COc1cccc(N2C(=O)C(Nc3ccc(C)c(Cl)c3)=C(c3ccccc3)C2=O)c1. The second-order valence-electron chi connectivity index (χ2n) is 6.85. The Morgan fingerprint density at radius 1 is 0.900 bits per heavy atom. The summed E-state index contributed by atoms with van der Waals surface area (Å²) in [6.07, 6.45) is 0. The molecule has 0 saturated carbocycles. The molecule has 0 radical (unpaired) electrons. The van der Waals surface area contributed by atoms with Crippen LogP contribution in [0.5, 0.6) is 5.75 Å². The van der Waals surface area contributed by atoms with E-state index in [1.165, 1.54) is 7.11 Å². The van der Waals surface area contributed by atoms with E-state index in [1.807, 2.05) is 37.3 Å². The molecular formula is C24H19ClN2O3. The van der Waals surface area contributed by atoms with E-state index >= 15 is 0 Å². The summed E-state index contributed by atoms with van der Waals surface area (Å²) in [6.45, 7) is 1.90. The van der Waals surface area contributed by atoms with Crippen LogP contribution in [-0.2, 0) is 9.59 Å². The third-order valence-electron chi connectivity index (χ3n) is 4.90. The number of amides is 2. The minimum absolute atomic E-state index is 0.203. The van der Waals surface area contributed by atoms with E-state index in [2.05, 4.69) is 5.32 Å². The van der Waals surface area contributed by atoms with Gasteiger partial charge in [0, 0.05) is 16.8 Å². The Labute approximate surface area is 179 Å². The molecule has 150 valence electrons. The number of nitrogens with one attached hydrogen (secondary N) is 1. The molecule has 0 aromatic heterocycles. The second kappa shape index (κ2) is 8.05. The maximum Gasteiger partial charge on any atom is 0.282 e. The fourth-order valence-electron chi connectivity index (χ4n) is 3.32. The summed E-state index contributed by atoms with van der Waals surface area (Å²) in [5.41, 5.74) is 3.15. The van der Waals surface area contributed by atoms with Crippen molar-refractivity contribution in [3.8, 4) is 5.75 Å². The second-order valence-corrected chi connectivity index (χ2v) is 7.26. The first-order valence-corrected chi connectivity index (χ1v) is 9.73. The zero-order chi connectivity index (χ0) is 21.3. The third-order valence-corrected chi connectivity index (χ3v) is 5.31. The van der Waals surface area contributed by atoms with Gasteiger partial charge in [0.1, 0.15) is 11.4 Å². The number of hydrogen-bond donors (Lipinski definition) is 1. The van der Waals surface area contributed by atoms with E-state index in [4.69, 9.17) is 16.3 Å². The van der Waals surface area contributed by atoms with Crippen molar-refractivity contribution < 1.29 is 14.3 Å². The number of ether oxygens (including phenoxy) is 1. The number of anilines is 2. The third kappa shape index (κ3) is 3.55. The fraction of sp³-hybridized carbons (Fsp3) is 0.0833. The summed E-state index contributed by atoms with van der Waals surface area (Å²) in [5, 5.41) is 3.69. The molecule has 4 rings (SSSR count). The maximum atomic E-state index is 13.4. The number of hydrogen-bond acceptors (Lipinski definition) is 4. The first-order chi connectivity index (χ1) is 14.5. The highest BCUT2D eigenvalue weighted by molar-refractivity contribution is 6.46. The van der Waals surface area contributed by atoms with Gasteiger partial charge in [0.05, 0.1) is 18.4 Å². The van der Waals surface area contributed by atoms with Crippen molar-refractivity contribution in [2.24, 2.45) is 0 Å². The van der Waals surface area contributed by atoms with Crippen molar-refractivity contribution in [2.45, 2.75) is 6.92 Å². The van der Waals surface area contributed by atoms with Crippen molar-refractivity contribution in [1.82, 2.24) is 0 Å². The number of rotatable bonds is 5. The highest BCUT2D eigenvalue weighted by Crippen LogP contribution is 2.35. The molecule has 30 heavy (non-hydrogen) atoms. The van der Waals surface area contributed by atoms with Crippen molar-refractivity contribution in [2.75, 3.05) is 17.3 Å². The standard InChI is InChI=1S/C24H19ClN2O3/c1-15-11-12-17(13-20(15)25)26-22-21(16-7-4-3-5-8-16)23(28)27(24(22)29)18-9-6-10-19(14-18)30-2/h3-14,26H,1-2H3. The molecular weight excluding hydrogens is 400 g/mol. The van der Waals surface area contributed by atoms with Gasteiger partial charge in [-0.25, -0.2) is 4.90 Å². The smallest absolute Gasteiger partial charge is 0.282 e. The zero-order valence-electron chi connectivity index (χ0n) is 16.5. The summed E-state index contributed by atoms with van der Waals surface area (Å²) in [5.74, 6) is -0.287. The minimum atomic E-state index is -0.441. The van der Waals surface area contributed by atoms with E-state index < -0.39 is 11.8 Å². The molecule has 1 heterocycles. The number of aryl methyl sites for hydroxylation is 1. The summed E-state index contributed by atoms with van der Waals surface area (Å²) in [4.78, 5) is 27.9. The van der Waals surface area contributed by atoms with Crippen molar-refractivity contribution in [3.63, 3.8) is 0 Å². The zero-order valence-corrected chi connectivity index (χ0v) is 17.2. The van der Waals surface area contributed by atoms with Crippen LogP contribution in [0.1, 0.15) is 11.1 Å². The Balaban J connectivity index is 1.81. The van der Waals surface area contributed by atoms with Crippen molar-refractivity contribution >= 4 is 40.4 Å². The van der Waals surface area contributed by atoms with Crippen LogP contribution in [0.2, 0.25) is 5.02 Å². The normalized spacial score (nSPS) is 13.8. The molecule has 5 nitrogen and oxygen atoms in total. The molecule has 1 aliphatic heterocycles. The Morgan fingerprint density at radius 2 is 1.67 bits per heavy atom. The monoisotopic (exact) mass is 418 g/mol. The van der Waals surface area contributed by atoms with Crippen LogP contribution in [0.4, 0.5) is 11.4 Å². The fourth-order valence-corrected chi connectivity index (χ4v) is 3.50. The minimum Gasteiger partial charge on any atom is -0.497 e. The highest BCUT2D eigenvalue weighted by atomic mass is 35.5. The summed E-state index contributed by atoms with van der Waals surface area (Å²) >= 11 is 6.24. The molecule has 0 bridgehead atoms. The van der Waals surface area contributed by atoms with Crippen LogP contribution in [0.3, 0.4) is 0 Å². The predicted molar refractivity (Wildman–Crippen MR) is 119 cm³/mol. The van der Waals surface area contributed by atoms with Crippen molar-refractivity contribution in [1.29, 1.82) is 0 Å². The molecule has 1 N–H and O–H groups in total. The highest BCUT2D eigenvalue weighted by Gasteiger charge is 2.40. The van der Waals surface area contributed by atoms with Gasteiger partial charge in [0.2, 0.25) is 0 Å². The molecule has 3 aromatic rings. The van der Waals surface area contributed by atoms with Gasteiger partial charge in [-0.3, -0.25) is 9.59 Å². The van der Waals surface area contributed by atoms with E-state index in [0.717, 1.165) is 10.5 Å². The number of benzene rings is 3. The predicted octanol–water partition coefficient (Wildman–Crippen LogP) is 5.05. The molecule has 0 unspecified atom stereocenters. The summed E-state index contributed by atoms with van der Waals surface area (Å²) in [7, 11) is 1.54. The number of halogens is 1. The Bertz CT molecular complexity index is 1170. The number of carbonyl (C=O) groups excluding carboxylic acids is 2. The van der Waals surface area contributed by atoms with E-state index in [-0.39, 0.29) is 5.70 Å². The molecule has 6 heteroatoms. The van der Waals surface area contributed by atoms with Crippen LogP contribution < -0.4 is 15.0 Å². The van der Waals surface area contributed by atoms with Crippen LogP contribution >= 0.6 is 11.6 Å². The van der Waals surface area contributed by atoms with Crippen LogP contribution in [-0.4, -0.2) is 18.9 Å². The molecule has 0 spiro atoms. The number of methoxy groups -OCH3 is 1. The van der Waals surface area contributed by atoms with Crippen LogP contribution in [0, 0.1) is 6.92 Å². The van der Waals surface area contributed by atoms with E-state index in [1.54, 1.807) is 42.5 Å². The molecule has 2 amide bonds. The van der Waals surface area contributed by atoms with Gasteiger partial charge in [-0.05, 0) is 42.3 Å². The molecule has 0 saturated heterocycles. The molecule has 0 atom stereocenters. The molecule has 1 aliphatic rings. The first-order valence-electron chi connectivity index (χ1n) is 9.35. The van der Waals surface area contributed by atoms with Crippen LogP contribution in [0.15, 0.2) is 78.5 Å². The van der Waals surface area contributed by atoms with E-state index in [9.17, 15) is 9.59 Å². The Morgan fingerprint density at radius 3 is 2.37 bits per heavy atom. The van der Waals surface area contributed by atoms with Crippen LogP contribution in [0.25, 0.3) is 5.57 Å². The van der Waals surface area contributed by atoms with E-state index in [0.29, 0.717) is 33.3 Å². The lowest BCUT2D eigenvalue weighted by Crippen LogP contribution is -2.32. The molecule has 0 fully saturated rings. The van der Waals surface area contributed by atoms with Gasteiger partial charge in [-0.1, -0.05) is 54.1 Å². The Kier molecular flexibility index (Phi) is 5.29. The topological polar surface area (TPSA) is 58.6 Å². The number of nitrogens with zero attached hydrogens (tertiary/aromatic N) is 1. The lowest BCUT2D eigenvalue weighted by molar-refractivity contribution is -0.120. The maximum absolute atomic E-state index is 13.4. The average molecular weight is 419 g/mol. The lowest BCUT2D eigenvalue weighted by atomic mass is 10.0. The van der Waals surface area contributed by atoms with Gasteiger partial charge >= 0.3 is 0 Å². The van der Waals surface area contributed by atoms with Gasteiger partial charge < -0.3 is 10.1 Å². The van der Waals surface area contributed by atoms with Gasteiger partial charge in [0.15, 0.2) is 0 Å². The van der Waals surface area contributed by atoms with Gasteiger partial charge in [-0.15, -0.1) is 0 Å². The first kappa shape index (κ1) is 19.7.